The SMILES string of the molecule is Cc1nc(Cc2cccc(Cl)c2F)nc(N)c1C(N)=O. The molecule has 4 N–H and O–H groups in total. The second kappa shape index (κ2) is 5.42. The molecule has 1 heterocycles. The first kappa shape index (κ1) is 14.2. The maximum Gasteiger partial charge on any atom is 0.254 e. The summed E-state index contributed by atoms with van der Waals surface area (Å²) in [6.07, 6.45) is 0.122. The van der Waals surface area contributed by atoms with Gasteiger partial charge in [-0.2, -0.15) is 0 Å². The lowest BCUT2D eigenvalue weighted by molar-refractivity contribution is 0.1000. The summed E-state index contributed by atoms with van der Waals surface area (Å²) >= 11 is 5.71. The van der Waals surface area contributed by atoms with Gasteiger partial charge in [0.2, 0.25) is 0 Å². The number of nitrogen functional groups attached to an aromatic ring is 1. The van der Waals surface area contributed by atoms with E-state index in [0.717, 1.165) is 0 Å². The zero-order valence-corrected chi connectivity index (χ0v) is 11.4. The van der Waals surface area contributed by atoms with Crippen molar-refractivity contribution in [1.29, 1.82) is 0 Å². The third kappa shape index (κ3) is 2.70. The van der Waals surface area contributed by atoms with Crippen LogP contribution in [0.15, 0.2) is 18.2 Å². The molecule has 0 fully saturated rings. The van der Waals surface area contributed by atoms with E-state index >= 15 is 0 Å². The largest absolute Gasteiger partial charge is 0.383 e. The van der Waals surface area contributed by atoms with Gasteiger partial charge in [-0.25, -0.2) is 14.4 Å². The van der Waals surface area contributed by atoms with Crippen molar-refractivity contribution in [2.45, 2.75) is 13.3 Å². The Morgan fingerprint density at radius 2 is 2.10 bits per heavy atom. The lowest BCUT2D eigenvalue weighted by Gasteiger charge is -2.08. The number of amides is 1. The molecule has 1 aromatic carbocycles. The van der Waals surface area contributed by atoms with E-state index in [9.17, 15) is 9.18 Å². The zero-order chi connectivity index (χ0) is 14.9. The molecule has 0 unspecified atom stereocenters. The van der Waals surface area contributed by atoms with E-state index in [2.05, 4.69) is 9.97 Å². The Labute approximate surface area is 119 Å². The number of benzene rings is 1. The van der Waals surface area contributed by atoms with E-state index in [-0.39, 0.29) is 22.8 Å². The Hall–Kier alpha value is -2.21. The Kier molecular flexibility index (Phi) is 3.85. The highest BCUT2D eigenvalue weighted by Gasteiger charge is 2.15. The van der Waals surface area contributed by atoms with Gasteiger partial charge in [-0.3, -0.25) is 4.79 Å². The van der Waals surface area contributed by atoms with Crippen LogP contribution in [-0.4, -0.2) is 15.9 Å². The van der Waals surface area contributed by atoms with Crippen molar-refractivity contribution in [3.8, 4) is 0 Å². The fourth-order valence-electron chi connectivity index (χ4n) is 1.89. The summed E-state index contributed by atoms with van der Waals surface area (Å²) in [5.74, 6) is -0.929. The normalized spacial score (nSPS) is 10.6. The van der Waals surface area contributed by atoms with Crippen LogP contribution in [0, 0.1) is 12.7 Å². The van der Waals surface area contributed by atoms with E-state index in [1.165, 1.54) is 6.07 Å². The van der Waals surface area contributed by atoms with Crippen molar-refractivity contribution < 1.29 is 9.18 Å². The molecule has 0 spiro atoms. The van der Waals surface area contributed by atoms with Crippen LogP contribution in [-0.2, 0) is 6.42 Å². The minimum Gasteiger partial charge on any atom is -0.383 e. The number of nitrogens with two attached hydrogens (primary N) is 2. The van der Waals surface area contributed by atoms with Crippen LogP contribution >= 0.6 is 11.6 Å². The van der Waals surface area contributed by atoms with E-state index in [1.807, 2.05) is 0 Å². The molecule has 1 aromatic heterocycles. The number of hydrogen-bond acceptors (Lipinski definition) is 4. The number of nitrogens with zero attached hydrogens (tertiary/aromatic N) is 2. The second-order valence-electron chi connectivity index (χ2n) is 4.24. The highest BCUT2D eigenvalue weighted by Crippen LogP contribution is 2.20. The van der Waals surface area contributed by atoms with Gasteiger partial charge in [0, 0.05) is 6.42 Å². The van der Waals surface area contributed by atoms with Crippen molar-refractivity contribution >= 4 is 23.3 Å². The molecule has 0 aliphatic rings. The summed E-state index contributed by atoms with van der Waals surface area (Å²) in [7, 11) is 0. The van der Waals surface area contributed by atoms with Crippen molar-refractivity contribution in [2.75, 3.05) is 5.73 Å². The highest BCUT2D eigenvalue weighted by molar-refractivity contribution is 6.30. The molecule has 104 valence electrons. The van der Waals surface area contributed by atoms with Gasteiger partial charge in [0.25, 0.3) is 5.91 Å². The molecular formula is C13H12ClFN4O. The average Bonchev–Trinajstić information content (AvgIpc) is 2.33. The molecule has 0 aliphatic heterocycles. The Bertz CT molecular complexity index is 667. The molecule has 0 aliphatic carbocycles. The lowest BCUT2D eigenvalue weighted by atomic mass is 10.1. The molecule has 0 atom stereocenters. The Morgan fingerprint density at radius 3 is 2.70 bits per heavy atom. The fraction of sp³-hybridized carbons (Fsp3) is 0.154. The molecule has 0 saturated heterocycles. The summed E-state index contributed by atoms with van der Waals surface area (Å²) in [6.45, 7) is 1.59. The number of aryl methyl sites for hydroxylation is 1. The van der Waals surface area contributed by atoms with Crippen molar-refractivity contribution in [1.82, 2.24) is 9.97 Å². The summed E-state index contributed by atoms with van der Waals surface area (Å²) in [5, 5.41) is 0.0287. The average molecular weight is 295 g/mol. The first-order valence-corrected chi connectivity index (χ1v) is 6.13. The lowest BCUT2D eigenvalue weighted by Crippen LogP contribution is -2.18. The van der Waals surface area contributed by atoms with Gasteiger partial charge in [0.05, 0.1) is 10.7 Å². The Morgan fingerprint density at radius 1 is 1.40 bits per heavy atom. The van der Waals surface area contributed by atoms with E-state index in [1.54, 1.807) is 19.1 Å². The molecule has 7 heteroatoms. The topological polar surface area (TPSA) is 94.9 Å². The van der Waals surface area contributed by atoms with Gasteiger partial charge >= 0.3 is 0 Å². The molecule has 0 saturated carbocycles. The fourth-order valence-corrected chi connectivity index (χ4v) is 2.09. The molecule has 1 amide bonds. The summed E-state index contributed by atoms with van der Waals surface area (Å²) in [4.78, 5) is 19.3. The first-order valence-electron chi connectivity index (χ1n) is 5.75. The van der Waals surface area contributed by atoms with Crippen molar-refractivity contribution in [3.63, 3.8) is 0 Å². The molecule has 20 heavy (non-hydrogen) atoms. The molecule has 5 nitrogen and oxygen atoms in total. The maximum atomic E-state index is 13.8. The maximum absolute atomic E-state index is 13.8. The van der Waals surface area contributed by atoms with Crippen LogP contribution < -0.4 is 11.5 Å². The minimum absolute atomic E-state index is 0.0116. The third-order valence-corrected chi connectivity index (χ3v) is 3.08. The van der Waals surface area contributed by atoms with Crippen molar-refractivity contribution in [2.24, 2.45) is 5.73 Å². The zero-order valence-electron chi connectivity index (χ0n) is 10.7. The van der Waals surface area contributed by atoms with Crippen LogP contribution in [0.2, 0.25) is 5.02 Å². The number of primary amides is 1. The smallest absolute Gasteiger partial charge is 0.254 e. The molecule has 0 bridgehead atoms. The van der Waals surface area contributed by atoms with Gasteiger partial charge in [-0.15, -0.1) is 0 Å². The number of carbonyl (C=O) groups excluding carboxylic acids is 1. The summed E-state index contributed by atoms with van der Waals surface area (Å²) in [5.41, 5.74) is 11.7. The standard InChI is InChI=1S/C13H12ClFN4O/c1-6-10(13(17)20)12(16)19-9(18-6)5-7-3-2-4-8(14)11(7)15/h2-4H,5H2,1H3,(H2,17,20)(H2,16,18,19). The van der Waals surface area contributed by atoms with E-state index < -0.39 is 11.7 Å². The number of anilines is 1. The molecule has 2 rings (SSSR count). The Balaban J connectivity index is 2.40. The van der Waals surface area contributed by atoms with E-state index in [0.29, 0.717) is 17.1 Å². The van der Waals surface area contributed by atoms with Crippen LogP contribution in [0.5, 0.6) is 0 Å². The number of rotatable bonds is 3. The highest BCUT2D eigenvalue weighted by atomic mass is 35.5. The first-order chi connectivity index (χ1) is 9.40. The number of aromatic nitrogens is 2. The monoisotopic (exact) mass is 294 g/mol. The third-order valence-electron chi connectivity index (χ3n) is 2.79. The van der Waals surface area contributed by atoms with Crippen molar-refractivity contribution in [3.05, 3.63) is 51.7 Å². The quantitative estimate of drug-likeness (QED) is 0.903. The second-order valence-corrected chi connectivity index (χ2v) is 4.65. The molecule has 0 radical (unpaired) electrons. The molecular weight excluding hydrogens is 283 g/mol. The summed E-state index contributed by atoms with van der Waals surface area (Å²) in [6, 6.07) is 4.67. The van der Waals surface area contributed by atoms with Crippen LogP contribution in [0.3, 0.4) is 0 Å². The van der Waals surface area contributed by atoms with Gasteiger partial charge in [-0.05, 0) is 18.6 Å². The molecule has 2 aromatic rings. The van der Waals surface area contributed by atoms with Crippen LogP contribution in [0.4, 0.5) is 10.2 Å². The number of carbonyl (C=O) groups is 1. The van der Waals surface area contributed by atoms with Crippen LogP contribution in [0.25, 0.3) is 0 Å². The number of halogens is 2. The van der Waals surface area contributed by atoms with Gasteiger partial charge < -0.3 is 11.5 Å². The summed E-state index contributed by atoms with van der Waals surface area (Å²) < 4.78 is 13.8. The van der Waals surface area contributed by atoms with Gasteiger partial charge in [0.15, 0.2) is 0 Å². The predicted octanol–water partition coefficient (Wildman–Crippen LogP) is 1.85. The number of hydrogen-bond donors (Lipinski definition) is 2. The van der Waals surface area contributed by atoms with Gasteiger partial charge in [-0.1, -0.05) is 23.7 Å². The minimum atomic E-state index is -0.694. The van der Waals surface area contributed by atoms with Gasteiger partial charge in [0.1, 0.15) is 23.0 Å². The van der Waals surface area contributed by atoms with Crippen LogP contribution in [0.1, 0.15) is 27.4 Å². The van der Waals surface area contributed by atoms with E-state index in [4.69, 9.17) is 23.1 Å². The predicted molar refractivity (Wildman–Crippen MR) is 73.9 cm³/mol.